The van der Waals surface area contributed by atoms with Gasteiger partial charge in [0, 0.05) is 32.0 Å². The standard InChI is InChI=1S/C9H18N2O/c1-4-9(10-3)8-5-11(6-8)7(2)12/h8-10H,4-6H2,1-3H3. The predicted molar refractivity (Wildman–Crippen MR) is 48.9 cm³/mol. The highest BCUT2D eigenvalue weighted by molar-refractivity contribution is 5.74. The summed E-state index contributed by atoms with van der Waals surface area (Å²) < 4.78 is 0. The highest BCUT2D eigenvalue weighted by Crippen LogP contribution is 2.20. The molecule has 0 aromatic carbocycles. The molecular weight excluding hydrogens is 152 g/mol. The number of rotatable bonds is 3. The normalized spacial score (nSPS) is 20.4. The molecule has 0 aromatic heterocycles. The van der Waals surface area contributed by atoms with Crippen LogP contribution in [0.4, 0.5) is 0 Å². The Labute approximate surface area is 74.1 Å². The maximum atomic E-state index is 10.9. The fraction of sp³-hybridized carbons (Fsp3) is 0.889. The summed E-state index contributed by atoms with van der Waals surface area (Å²) in [5, 5.41) is 3.28. The van der Waals surface area contributed by atoms with Gasteiger partial charge in [0.05, 0.1) is 0 Å². The summed E-state index contributed by atoms with van der Waals surface area (Å²) in [6, 6.07) is 0.584. The number of carbonyl (C=O) groups is 1. The first-order chi connectivity index (χ1) is 5.69. The van der Waals surface area contributed by atoms with Gasteiger partial charge in [-0.2, -0.15) is 0 Å². The van der Waals surface area contributed by atoms with Crippen molar-refractivity contribution in [1.29, 1.82) is 0 Å². The summed E-state index contributed by atoms with van der Waals surface area (Å²) in [6.07, 6.45) is 1.15. The molecule has 3 heteroatoms. The Morgan fingerprint density at radius 3 is 2.58 bits per heavy atom. The van der Waals surface area contributed by atoms with Gasteiger partial charge >= 0.3 is 0 Å². The van der Waals surface area contributed by atoms with Crippen molar-refractivity contribution in [1.82, 2.24) is 10.2 Å². The molecule has 1 amide bonds. The zero-order valence-corrected chi connectivity index (χ0v) is 8.13. The number of nitrogens with zero attached hydrogens (tertiary/aromatic N) is 1. The van der Waals surface area contributed by atoms with Crippen LogP contribution >= 0.6 is 0 Å². The second-order valence-electron chi connectivity index (χ2n) is 3.49. The van der Waals surface area contributed by atoms with E-state index in [0.29, 0.717) is 12.0 Å². The Morgan fingerprint density at radius 2 is 2.25 bits per heavy atom. The third-order valence-corrected chi connectivity index (χ3v) is 2.73. The van der Waals surface area contributed by atoms with Crippen LogP contribution in [-0.4, -0.2) is 37.0 Å². The van der Waals surface area contributed by atoms with Gasteiger partial charge < -0.3 is 10.2 Å². The Hall–Kier alpha value is -0.570. The molecule has 1 fully saturated rings. The van der Waals surface area contributed by atoms with Gasteiger partial charge in [-0.05, 0) is 13.5 Å². The number of amides is 1. The smallest absolute Gasteiger partial charge is 0.219 e. The average Bonchev–Trinajstić information content (AvgIpc) is 1.94. The summed E-state index contributed by atoms with van der Waals surface area (Å²) in [7, 11) is 1.99. The van der Waals surface area contributed by atoms with Crippen LogP contribution in [0.1, 0.15) is 20.3 Å². The lowest BCUT2D eigenvalue weighted by atomic mass is 9.90. The molecule has 70 valence electrons. The first-order valence-corrected chi connectivity index (χ1v) is 4.61. The molecule has 0 aromatic rings. The minimum Gasteiger partial charge on any atom is -0.342 e. The lowest BCUT2D eigenvalue weighted by molar-refractivity contribution is -0.135. The van der Waals surface area contributed by atoms with Crippen molar-refractivity contribution in [2.24, 2.45) is 5.92 Å². The molecule has 1 aliphatic heterocycles. The van der Waals surface area contributed by atoms with Crippen LogP contribution in [0.2, 0.25) is 0 Å². The van der Waals surface area contributed by atoms with Crippen molar-refractivity contribution >= 4 is 5.91 Å². The van der Waals surface area contributed by atoms with Gasteiger partial charge in [-0.3, -0.25) is 4.79 Å². The monoisotopic (exact) mass is 170 g/mol. The molecule has 12 heavy (non-hydrogen) atoms. The third-order valence-electron chi connectivity index (χ3n) is 2.73. The summed E-state index contributed by atoms with van der Waals surface area (Å²) >= 11 is 0. The minimum absolute atomic E-state index is 0.206. The summed E-state index contributed by atoms with van der Waals surface area (Å²) in [5.74, 6) is 0.876. The van der Waals surface area contributed by atoms with Crippen molar-refractivity contribution < 1.29 is 4.79 Å². The molecule has 3 nitrogen and oxygen atoms in total. The van der Waals surface area contributed by atoms with E-state index in [0.717, 1.165) is 19.5 Å². The summed E-state index contributed by atoms with van der Waals surface area (Å²) in [6.45, 7) is 5.69. The Bertz CT molecular complexity index is 160. The van der Waals surface area contributed by atoms with E-state index in [9.17, 15) is 4.79 Å². The van der Waals surface area contributed by atoms with Crippen molar-refractivity contribution in [3.05, 3.63) is 0 Å². The molecule has 1 aliphatic rings. The van der Waals surface area contributed by atoms with Crippen LogP contribution in [-0.2, 0) is 4.79 Å². The molecular formula is C9H18N2O. The second-order valence-corrected chi connectivity index (χ2v) is 3.49. The Kier molecular flexibility index (Phi) is 3.09. The van der Waals surface area contributed by atoms with Gasteiger partial charge in [0.2, 0.25) is 5.91 Å². The van der Waals surface area contributed by atoms with Crippen LogP contribution < -0.4 is 5.32 Å². The van der Waals surface area contributed by atoms with E-state index < -0.39 is 0 Å². The Balaban J connectivity index is 2.28. The van der Waals surface area contributed by atoms with Crippen LogP contribution in [0.3, 0.4) is 0 Å². The number of nitrogens with one attached hydrogen (secondary N) is 1. The van der Waals surface area contributed by atoms with Gasteiger partial charge in [-0.25, -0.2) is 0 Å². The molecule has 1 heterocycles. The van der Waals surface area contributed by atoms with Gasteiger partial charge in [0.15, 0.2) is 0 Å². The van der Waals surface area contributed by atoms with E-state index in [-0.39, 0.29) is 5.91 Å². The fourth-order valence-corrected chi connectivity index (χ4v) is 1.80. The van der Waals surface area contributed by atoms with E-state index in [1.165, 1.54) is 0 Å². The first-order valence-electron chi connectivity index (χ1n) is 4.61. The van der Waals surface area contributed by atoms with Crippen LogP contribution in [0.5, 0.6) is 0 Å². The quantitative estimate of drug-likeness (QED) is 0.667. The van der Waals surface area contributed by atoms with Crippen molar-refractivity contribution in [2.75, 3.05) is 20.1 Å². The number of hydrogen-bond donors (Lipinski definition) is 1. The summed E-state index contributed by atoms with van der Waals surface area (Å²) in [4.78, 5) is 12.8. The SMILES string of the molecule is CCC(NC)C1CN(C(C)=O)C1. The molecule has 0 spiro atoms. The van der Waals surface area contributed by atoms with Crippen molar-refractivity contribution in [3.8, 4) is 0 Å². The second kappa shape index (κ2) is 3.90. The third kappa shape index (κ3) is 1.78. The molecule has 0 saturated carbocycles. The fourth-order valence-electron chi connectivity index (χ4n) is 1.80. The highest BCUT2D eigenvalue weighted by atomic mass is 16.2. The van der Waals surface area contributed by atoms with E-state index >= 15 is 0 Å². The lowest BCUT2D eigenvalue weighted by Crippen LogP contribution is -2.56. The van der Waals surface area contributed by atoms with Crippen LogP contribution in [0.25, 0.3) is 0 Å². The molecule has 1 N–H and O–H groups in total. The van der Waals surface area contributed by atoms with E-state index in [2.05, 4.69) is 12.2 Å². The number of carbonyl (C=O) groups excluding carboxylic acids is 1. The van der Waals surface area contributed by atoms with E-state index in [1.54, 1.807) is 6.92 Å². The number of hydrogen-bond acceptors (Lipinski definition) is 2. The Morgan fingerprint density at radius 1 is 1.67 bits per heavy atom. The van der Waals surface area contributed by atoms with Crippen LogP contribution in [0.15, 0.2) is 0 Å². The van der Waals surface area contributed by atoms with E-state index in [1.807, 2.05) is 11.9 Å². The predicted octanol–water partition coefficient (Wildman–Crippen LogP) is 0.463. The maximum absolute atomic E-state index is 10.9. The van der Waals surface area contributed by atoms with Gasteiger partial charge in [0.25, 0.3) is 0 Å². The molecule has 0 radical (unpaired) electrons. The topological polar surface area (TPSA) is 32.3 Å². The highest BCUT2D eigenvalue weighted by Gasteiger charge is 2.32. The maximum Gasteiger partial charge on any atom is 0.219 e. The lowest BCUT2D eigenvalue weighted by Gasteiger charge is -2.42. The number of likely N-dealkylation sites (tertiary alicyclic amines) is 1. The molecule has 0 bridgehead atoms. The summed E-state index contributed by atoms with van der Waals surface area (Å²) in [5.41, 5.74) is 0. The molecule has 1 unspecified atom stereocenters. The van der Waals surface area contributed by atoms with E-state index in [4.69, 9.17) is 0 Å². The van der Waals surface area contributed by atoms with Crippen LogP contribution in [0, 0.1) is 5.92 Å². The molecule has 0 aliphatic carbocycles. The molecule has 1 atom stereocenters. The zero-order chi connectivity index (χ0) is 9.14. The largest absolute Gasteiger partial charge is 0.342 e. The van der Waals surface area contributed by atoms with Gasteiger partial charge in [-0.15, -0.1) is 0 Å². The zero-order valence-electron chi connectivity index (χ0n) is 8.13. The minimum atomic E-state index is 0.206. The molecule has 1 saturated heterocycles. The molecule has 1 rings (SSSR count). The first kappa shape index (κ1) is 9.52. The average molecular weight is 170 g/mol. The van der Waals surface area contributed by atoms with Gasteiger partial charge in [-0.1, -0.05) is 6.92 Å². The van der Waals surface area contributed by atoms with Gasteiger partial charge in [0.1, 0.15) is 0 Å². The van der Waals surface area contributed by atoms with Crippen molar-refractivity contribution in [3.63, 3.8) is 0 Å². The van der Waals surface area contributed by atoms with Crippen molar-refractivity contribution in [2.45, 2.75) is 26.3 Å².